The topological polar surface area (TPSA) is 80.5 Å². The fourth-order valence-electron chi connectivity index (χ4n) is 3.89. The molecule has 2 aromatic carbocycles. The number of hydrogen-bond donors (Lipinski definition) is 1. The van der Waals surface area contributed by atoms with Crippen LogP contribution in [0.2, 0.25) is 0 Å². The van der Waals surface area contributed by atoms with Gasteiger partial charge in [-0.1, -0.05) is 48.5 Å². The fourth-order valence-corrected chi connectivity index (χ4v) is 3.89. The van der Waals surface area contributed by atoms with Gasteiger partial charge in [0.2, 0.25) is 17.7 Å². The van der Waals surface area contributed by atoms with E-state index < -0.39 is 0 Å². The Labute approximate surface area is 176 Å². The summed E-state index contributed by atoms with van der Waals surface area (Å²) >= 11 is 0. The zero-order chi connectivity index (χ0) is 20.9. The number of carbonyl (C=O) groups excluding carboxylic acids is 1. The summed E-state index contributed by atoms with van der Waals surface area (Å²) in [5.74, 6) is 1.05. The molecule has 156 valence electrons. The van der Waals surface area contributed by atoms with Crippen LogP contribution in [0.5, 0.6) is 0 Å². The van der Waals surface area contributed by atoms with Crippen molar-refractivity contribution in [3.05, 3.63) is 82.6 Å². The Kier molecular flexibility index (Phi) is 6.21. The first-order chi connectivity index (χ1) is 14.6. The van der Waals surface area contributed by atoms with Crippen molar-refractivity contribution in [2.24, 2.45) is 0 Å². The molecule has 3 aromatic rings. The molecule has 7 nitrogen and oxygen atoms in total. The van der Waals surface area contributed by atoms with Crippen molar-refractivity contribution in [3.8, 4) is 0 Å². The van der Waals surface area contributed by atoms with Crippen LogP contribution < -0.4 is 5.32 Å². The van der Waals surface area contributed by atoms with Crippen LogP contribution >= 0.6 is 0 Å². The first-order valence-electron chi connectivity index (χ1n) is 10.1. The number of nitrogens with zero attached hydrogens (tertiary/aromatic N) is 3. The Morgan fingerprint density at radius 1 is 1.13 bits per heavy atom. The van der Waals surface area contributed by atoms with Crippen LogP contribution in [0.25, 0.3) is 0 Å². The van der Waals surface area contributed by atoms with Crippen LogP contribution in [0.15, 0.2) is 52.9 Å². The van der Waals surface area contributed by atoms with E-state index in [1.54, 1.807) is 14.0 Å². The van der Waals surface area contributed by atoms with E-state index in [1.165, 1.54) is 11.1 Å². The van der Waals surface area contributed by atoms with Gasteiger partial charge in [0.25, 0.3) is 0 Å². The van der Waals surface area contributed by atoms with Crippen molar-refractivity contribution in [2.75, 3.05) is 13.7 Å². The number of carbonyl (C=O) groups is 1. The van der Waals surface area contributed by atoms with Gasteiger partial charge >= 0.3 is 0 Å². The number of aryl methyl sites for hydroxylation is 1. The summed E-state index contributed by atoms with van der Waals surface area (Å²) in [5, 5.41) is 11.2. The normalized spacial score (nSPS) is 16.3. The van der Waals surface area contributed by atoms with Crippen LogP contribution in [0.4, 0.5) is 0 Å². The van der Waals surface area contributed by atoms with Gasteiger partial charge in [0, 0.05) is 27.1 Å². The number of aromatic nitrogens is 2. The zero-order valence-corrected chi connectivity index (χ0v) is 17.3. The highest BCUT2D eigenvalue weighted by atomic mass is 16.5. The van der Waals surface area contributed by atoms with Crippen molar-refractivity contribution in [1.29, 1.82) is 0 Å². The molecule has 4 rings (SSSR count). The van der Waals surface area contributed by atoms with Crippen LogP contribution in [-0.4, -0.2) is 34.7 Å². The highest BCUT2D eigenvalue weighted by Crippen LogP contribution is 2.32. The quantitative estimate of drug-likeness (QED) is 0.650. The van der Waals surface area contributed by atoms with E-state index >= 15 is 0 Å². The monoisotopic (exact) mass is 406 g/mol. The maximum Gasteiger partial charge on any atom is 0.234 e. The number of amides is 1. The summed E-state index contributed by atoms with van der Waals surface area (Å²) in [6.07, 6.45) is 0.738. The second-order valence-corrected chi connectivity index (χ2v) is 7.53. The number of nitrogens with one attached hydrogen (secondary N) is 1. The van der Waals surface area contributed by atoms with Gasteiger partial charge in [-0.2, -0.15) is 0 Å². The third-order valence-corrected chi connectivity index (χ3v) is 5.41. The van der Waals surface area contributed by atoms with E-state index in [9.17, 15) is 4.79 Å². The third-order valence-electron chi connectivity index (χ3n) is 5.41. The van der Waals surface area contributed by atoms with Crippen molar-refractivity contribution < 1.29 is 13.9 Å². The molecule has 1 amide bonds. The minimum Gasteiger partial charge on any atom is -0.424 e. The number of rotatable bonds is 7. The van der Waals surface area contributed by atoms with Gasteiger partial charge in [-0.3, -0.25) is 9.69 Å². The summed E-state index contributed by atoms with van der Waals surface area (Å²) in [6.45, 7) is 3.69. The molecule has 0 radical (unpaired) electrons. The number of hydrogen-bond acceptors (Lipinski definition) is 6. The molecule has 30 heavy (non-hydrogen) atoms. The molecular weight excluding hydrogens is 380 g/mol. The summed E-state index contributed by atoms with van der Waals surface area (Å²) in [6, 6.07) is 16.1. The minimum atomic E-state index is -0.118. The fraction of sp³-hybridized carbons (Fsp3) is 0.348. The van der Waals surface area contributed by atoms with E-state index in [-0.39, 0.29) is 18.5 Å². The van der Waals surface area contributed by atoms with Gasteiger partial charge in [0.05, 0.1) is 19.2 Å². The van der Waals surface area contributed by atoms with E-state index in [0.29, 0.717) is 31.5 Å². The number of ether oxygens (including phenoxy) is 1. The third kappa shape index (κ3) is 4.58. The SMILES string of the molecule is COCc1ccccc1CNC(=O)CN1Cc2ccccc2CC1c1nnc(C)o1. The molecule has 1 aliphatic rings. The lowest BCUT2D eigenvalue weighted by molar-refractivity contribution is -0.123. The lowest BCUT2D eigenvalue weighted by Gasteiger charge is -2.34. The van der Waals surface area contributed by atoms with Crippen molar-refractivity contribution in [2.45, 2.75) is 39.1 Å². The molecule has 0 fully saturated rings. The molecule has 0 bridgehead atoms. The summed E-state index contributed by atoms with van der Waals surface area (Å²) < 4.78 is 11.0. The average molecular weight is 406 g/mol. The first-order valence-corrected chi connectivity index (χ1v) is 10.1. The van der Waals surface area contributed by atoms with E-state index in [0.717, 1.165) is 17.5 Å². The van der Waals surface area contributed by atoms with Crippen molar-refractivity contribution >= 4 is 5.91 Å². The van der Waals surface area contributed by atoms with Crippen molar-refractivity contribution in [1.82, 2.24) is 20.4 Å². The lowest BCUT2D eigenvalue weighted by atomic mass is 9.94. The van der Waals surface area contributed by atoms with E-state index in [2.05, 4.69) is 32.5 Å². The Bertz CT molecular complexity index is 1020. The lowest BCUT2D eigenvalue weighted by Crippen LogP contribution is -2.41. The highest BCUT2D eigenvalue weighted by molar-refractivity contribution is 5.78. The molecule has 1 N–H and O–H groups in total. The Balaban J connectivity index is 1.46. The molecule has 0 aliphatic carbocycles. The molecule has 0 saturated carbocycles. The second kappa shape index (κ2) is 9.19. The molecule has 1 atom stereocenters. The van der Waals surface area contributed by atoms with Crippen LogP contribution in [0.3, 0.4) is 0 Å². The Morgan fingerprint density at radius 2 is 1.87 bits per heavy atom. The van der Waals surface area contributed by atoms with Crippen LogP contribution in [0.1, 0.15) is 40.1 Å². The Morgan fingerprint density at radius 3 is 2.60 bits per heavy atom. The minimum absolute atomic E-state index is 0.0390. The predicted molar refractivity (Wildman–Crippen MR) is 111 cm³/mol. The largest absolute Gasteiger partial charge is 0.424 e. The average Bonchev–Trinajstić information content (AvgIpc) is 3.19. The molecule has 0 spiro atoms. The van der Waals surface area contributed by atoms with Crippen LogP contribution in [0, 0.1) is 6.92 Å². The number of fused-ring (bicyclic) bond motifs is 1. The number of benzene rings is 2. The molecule has 2 heterocycles. The molecule has 1 unspecified atom stereocenters. The van der Waals surface area contributed by atoms with Gasteiger partial charge in [0.1, 0.15) is 0 Å². The Hall–Kier alpha value is -3.03. The first kappa shape index (κ1) is 20.3. The van der Waals surface area contributed by atoms with Gasteiger partial charge in [0.15, 0.2) is 0 Å². The highest BCUT2D eigenvalue weighted by Gasteiger charge is 2.32. The summed E-state index contributed by atoms with van der Waals surface area (Å²) in [5.41, 5.74) is 4.61. The maximum absolute atomic E-state index is 12.8. The summed E-state index contributed by atoms with van der Waals surface area (Å²) in [4.78, 5) is 14.9. The standard InChI is InChI=1S/C23H26N4O3/c1-16-25-26-23(30-16)21-11-17-7-3-5-9-19(17)13-27(21)14-22(28)24-12-18-8-4-6-10-20(18)15-29-2/h3-10,21H,11-15H2,1-2H3,(H,24,28). The molecule has 7 heteroatoms. The predicted octanol–water partition coefficient (Wildman–Crippen LogP) is 2.94. The number of methoxy groups -OCH3 is 1. The molecule has 1 aromatic heterocycles. The van der Waals surface area contributed by atoms with Gasteiger partial charge in [-0.05, 0) is 28.7 Å². The van der Waals surface area contributed by atoms with E-state index in [4.69, 9.17) is 9.15 Å². The van der Waals surface area contributed by atoms with Crippen molar-refractivity contribution in [3.63, 3.8) is 0 Å². The van der Waals surface area contributed by atoms with Gasteiger partial charge in [-0.25, -0.2) is 0 Å². The molecule has 1 aliphatic heterocycles. The van der Waals surface area contributed by atoms with E-state index in [1.807, 2.05) is 36.4 Å². The second-order valence-electron chi connectivity index (χ2n) is 7.53. The smallest absolute Gasteiger partial charge is 0.234 e. The van der Waals surface area contributed by atoms with Crippen LogP contribution in [-0.2, 0) is 35.6 Å². The van der Waals surface area contributed by atoms with Gasteiger partial charge in [-0.15, -0.1) is 10.2 Å². The molecule has 0 saturated heterocycles. The molecular formula is C23H26N4O3. The zero-order valence-electron chi connectivity index (χ0n) is 17.3. The van der Waals surface area contributed by atoms with Gasteiger partial charge < -0.3 is 14.5 Å². The summed E-state index contributed by atoms with van der Waals surface area (Å²) in [7, 11) is 1.67. The maximum atomic E-state index is 12.8.